The highest BCUT2D eigenvalue weighted by Crippen LogP contribution is 2.43. The average molecular weight is 468 g/mol. The fraction of sp³-hybridized carbons (Fsp3) is 0.375. The fourth-order valence-corrected chi connectivity index (χ4v) is 5.30. The van der Waals surface area contributed by atoms with Crippen LogP contribution in [0.1, 0.15) is 57.6 Å². The van der Waals surface area contributed by atoms with Crippen molar-refractivity contribution in [3.05, 3.63) is 70.3 Å². The summed E-state index contributed by atoms with van der Waals surface area (Å²) in [6.45, 7) is 2.16. The van der Waals surface area contributed by atoms with Gasteiger partial charge in [0.1, 0.15) is 5.82 Å². The average Bonchev–Trinajstić information content (AvgIpc) is 3.50. The first kappa shape index (κ1) is 21.0. The highest BCUT2D eigenvalue weighted by molar-refractivity contribution is 5.98. The van der Waals surface area contributed by atoms with E-state index in [1.807, 2.05) is 19.1 Å². The summed E-state index contributed by atoms with van der Waals surface area (Å²) in [5.74, 6) is -3.41. The van der Waals surface area contributed by atoms with Gasteiger partial charge in [0.2, 0.25) is 0 Å². The summed E-state index contributed by atoms with van der Waals surface area (Å²) < 4.78 is 42.7. The normalized spacial score (nSPS) is 23.4. The van der Waals surface area contributed by atoms with Crippen LogP contribution in [0.5, 0.6) is 0 Å². The monoisotopic (exact) mass is 468 g/mol. The minimum absolute atomic E-state index is 0.171. The molecule has 2 unspecified atom stereocenters. The lowest BCUT2D eigenvalue weighted by molar-refractivity contribution is -0.0220. The van der Waals surface area contributed by atoms with Gasteiger partial charge in [-0.1, -0.05) is 12.1 Å². The van der Waals surface area contributed by atoms with Crippen LogP contribution in [0.25, 0.3) is 6.08 Å². The molecule has 2 aliphatic heterocycles. The molecule has 2 atom stereocenters. The molecule has 0 radical (unpaired) electrons. The van der Waals surface area contributed by atoms with E-state index in [4.69, 9.17) is 0 Å². The SMILES string of the molecule is Cc1[nH]nc2c1C(c1ccc(N3CCC(F)(F)CC3)cc1F)N(C1C=Cc3nc[nH]c3C1)C2=O. The Morgan fingerprint density at radius 2 is 2.00 bits per heavy atom. The van der Waals surface area contributed by atoms with E-state index in [-0.39, 0.29) is 37.9 Å². The number of amides is 1. The quantitative estimate of drug-likeness (QED) is 0.609. The third kappa shape index (κ3) is 3.23. The molecule has 1 aliphatic carbocycles. The van der Waals surface area contributed by atoms with Gasteiger partial charge in [0.15, 0.2) is 5.69 Å². The van der Waals surface area contributed by atoms with Crippen molar-refractivity contribution in [1.82, 2.24) is 25.1 Å². The molecule has 1 aromatic carbocycles. The van der Waals surface area contributed by atoms with Crippen molar-refractivity contribution in [3.63, 3.8) is 0 Å². The van der Waals surface area contributed by atoms with Crippen molar-refractivity contribution < 1.29 is 18.0 Å². The van der Waals surface area contributed by atoms with Crippen molar-refractivity contribution >= 4 is 17.7 Å². The Balaban J connectivity index is 1.37. The highest BCUT2D eigenvalue weighted by Gasteiger charge is 2.46. The molecule has 0 saturated carbocycles. The number of rotatable bonds is 3. The summed E-state index contributed by atoms with van der Waals surface area (Å²) in [6, 6.07) is 3.85. The van der Waals surface area contributed by atoms with Crippen molar-refractivity contribution in [2.24, 2.45) is 0 Å². The lowest BCUT2D eigenvalue weighted by Crippen LogP contribution is -2.41. The van der Waals surface area contributed by atoms with Gasteiger partial charge >= 0.3 is 0 Å². The topological polar surface area (TPSA) is 80.9 Å². The first-order valence-electron chi connectivity index (χ1n) is 11.3. The Hall–Kier alpha value is -3.56. The molecule has 2 aromatic heterocycles. The van der Waals surface area contributed by atoms with Crippen molar-refractivity contribution in [2.45, 2.75) is 44.2 Å². The standard InChI is InChI=1S/C24H23F3N6O/c1-13-20-21(31-30-13)23(34)33(15-3-5-18-19(11-15)29-12-28-18)22(20)16-4-2-14(10-17(16)25)32-8-6-24(26,27)7-9-32/h2-5,10,12,15,22H,6-9,11H2,1H3,(H,28,29)(H,30,31). The summed E-state index contributed by atoms with van der Waals surface area (Å²) in [5.41, 5.74) is 4.34. The molecule has 0 bridgehead atoms. The molecule has 3 aromatic rings. The van der Waals surface area contributed by atoms with Gasteiger partial charge < -0.3 is 14.8 Å². The van der Waals surface area contributed by atoms with E-state index < -0.39 is 17.8 Å². The van der Waals surface area contributed by atoms with Crippen molar-refractivity contribution in [1.29, 1.82) is 0 Å². The smallest absolute Gasteiger partial charge is 0.276 e. The number of benzene rings is 1. The van der Waals surface area contributed by atoms with E-state index in [1.54, 1.807) is 28.3 Å². The Kier molecular flexibility index (Phi) is 4.62. The lowest BCUT2D eigenvalue weighted by Gasteiger charge is -2.35. The van der Waals surface area contributed by atoms with Crippen LogP contribution in [-0.4, -0.2) is 56.0 Å². The molecule has 10 heteroatoms. The maximum atomic E-state index is 15.6. The minimum atomic E-state index is -2.67. The maximum Gasteiger partial charge on any atom is 0.276 e. The first-order valence-corrected chi connectivity index (χ1v) is 11.3. The molecule has 1 saturated heterocycles. The molecule has 1 amide bonds. The van der Waals surface area contributed by atoms with Gasteiger partial charge in [-0.05, 0) is 25.1 Å². The minimum Gasteiger partial charge on any atom is -0.371 e. The summed E-state index contributed by atoms with van der Waals surface area (Å²) >= 11 is 0. The van der Waals surface area contributed by atoms with Gasteiger partial charge in [-0.25, -0.2) is 18.2 Å². The molecule has 1 fully saturated rings. The van der Waals surface area contributed by atoms with Gasteiger partial charge in [-0.2, -0.15) is 5.10 Å². The van der Waals surface area contributed by atoms with Crippen LogP contribution in [0, 0.1) is 12.7 Å². The van der Waals surface area contributed by atoms with Crippen LogP contribution in [-0.2, 0) is 6.42 Å². The zero-order chi connectivity index (χ0) is 23.6. The third-order valence-corrected chi connectivity index (χ3v) is 7.12. The second-order valence-electron chi connectivity index (χ2n) is 9.17. The first-order chi connectivity index (χ1) is 16.3. The second-order valence-corrected chi connectivity index (χ2v) is 9.17. The predicted octanol–water partition coefficient (Wildman–Crippen LogP) is 4.00. The number of hydrogen-bond donors (Lipinski definition) is 2. The van der Waals surface area contributed by atoms with Gasteiger partial charge in [-0.3, -0.25) is 9.89 Å². The van der Waals surface area contributed by atoms with Crippen LogP contribution in [0.2, 0.25) is 0 Å². The van der Waals surface area contributed by atoms with Crippen LogP contribution < -0.4 is 4.90 Å². The van der Waals surface area contributed by atoms with Gasteiger partial charge in [0.25, 0.3) is 11.8 Å². The maximum absolute atomic E-state index is 15.6. The van der Waals surface area contributed by atoms with Crippen LogP contribution in [0.4, 0.5) is 18.9 Å². The number of alkyl halides is 2. The second kappa shape index (κ2) is 7.48. The molecule has 2 N–H and O–H groups in total. The zero-order valence-corrected chi connectivity index (χ0v) is 18.5. The Morgan fingerprint density at radius 3 is 2.76 bits per heavy atom. The molecule has 0 spiro atoms. The Morgan fingerprint density at radius 1 is 1.21 bits per heavy atom. The van der Waals surface area contributed by atoms with Gasteiger partial charge in [0.05, 0.1) is 24.1 Å². The number of aromatic nitrogens is 4. The molecule has 176 valence electrons. The van der Waals surface area contributed by atoms with E-state index in [1.165, 1.54) is 6.07 Å². The van der Waals surface area contributed by atoms with Crippen LogP contribution in [0.3, 0.4) is 0 Å². The molecular weight excluding hydrogens is 445 g/mol. The molecule has 6 rings (SSSR count). The number of nitrogens with zero attached hydrogens (tertiary/aromatic N) is 4. The van der Waals surface area contributed by atoms with Crippen LogP contribution in [0.15, 0.2) is 30.6 Å². The number of carbonyl (C=O) groups is 1. The summed E-state index contributed by atoms with van der Waals surface area (Å²) in [4.78, 5) is 24.2. The molecule has 7 nitrogen and oxygen atoms in total. The number of nitrogens with one attached hydrogen (secondary N) is 2. The number of aromatic amines is 2. The fourth-order valence-electron chi connectivity index (χ4n) is 5.30. The van der Waals surface area contributed by atoms with E-state index in [0.29, 0.717) is 34.6 Å². The van der Waals surface area contributed by atoms with E-state index in [0.717, 1.165) is 11.4 Å². The van der Waals surface area contributed by atoms with E-state index in [2.05, 4.69) is 20.2 Å². The highest BCUT2D eigenvalue weighted by atomic mass is 19.3. The van der Waals surface area contributed by atoms with Crippen LogP contribution >= 0.6 is 0 Å². The molecule has 3 aliphatic rings. The molecule has 4 heterocycles. The molecule has 34 heavy (non-hydrogen) atoms. The Bertz CT molecular complexity index is 1300. The summed E-state index contributed by atoms with van der Waals surface area (Å²) in [7, 11) is 0. The predicted molar refractivity (Wildman–Crippen MR) is 119 cm³/mol. The van der Waals surface area contributed by atoms with E-state index in [9.17, 15) is 13.6 Å². The zero-order valence-electron chi connectivity index (χ0n) is 18.5. The number of anilines is 1. The number of H-pyrrole nitrogens is 2. The lowest BCUT2D eigenvalue weighted by atomic mass is 9.95. The largest absolute Gasteiger partial charge is 0.371 e. The summed E-state index contributed by atoms with van der Waals surface area (Å²) in [5, 5.41) is 7.07. The van der Waals surface area contributed by atoms with Gasteiger partial charge in [-0.15, -0.1) is 0 Å². The number of imidazole rings is 1. The number of fused-ring (bicyclic) bond motifs is 2. The van der Waals surface area contributed by atoms with Crippen molar-refractivity contribution in [3.8, 4) is 0 Å². The Labute approximate surface area is 193 Å². The van der Waals surface area contributed by atoms with Crippen molar-refractivity contribution in [2.75, 3.05) is 18.0 Å². The number of piperidine rings is 1. The van der Waals surface area contributed by atoms with Gasteiger partial charge in [0, 0.05) is 60.6 Å². The number of aryl methyl sites for hydroxylation is 1. The third-order valence-electron chi connectivity index (χ3n) is 7.12. The molecular formula is C24H23F3N6O. The number of halogens is 3. The number of hydrogen-bond acceptors (Lipinski definition) is 4. The number of carbonyl (C=O) groups excluding carboxylic acids is 1. The van der Waals surface area contributed by atoms with E-state index >= 15 is 4.39 Å². The summed E-state index contributed by atoms with van der Waals surface area (Å²) in [6.07, 6.45) is 5.43.